The summed E-state index contributed by atoms with van der Waals surface area (Å²) in [6.45, 7) is 3.23. The summed E-state index contributed by atoms with van der Waals surface area (Å²) in [6.07, 6.45) is 2.32. The average Bonchev–Trinajstić information content (AvgIpc) is 3.08. The van der Waals surface area contributed by atoms with E-state index in [1.54, 1.807) is 30.3 Å². The standard InChI is InChI=1S/C18H18Cl2N2O2/c19-12-1-2-14(20)13(9-12)16-3-4-17(24-16)18(23)21-15-10-22-7-5-11(15)6-8-22/h1-4,9,11,15H,5-8,10H2,(H,21,23)/t15-/m0/s1. The molecular weight excluding hydrogens is 347 g/mol. The summed E-state index contributed by atoms with van der Waals surface area (Å²) in [5, 5.41) is 4.24. The molecule has 4 heterocycles. The van der Waals surface area contributed by atoms with E-state index in [2.05, 4.69) is 10.2 Å². The molecule has 0 radical (unpaired) electrons. The Morgan fingerprint density at radius 1 is 1.17 bits per heavy atom. The first-order chi connectivity index (χ1) is 11.6. The van der Waals surface area contributed by atoms with E-state index in [-0.39, 0.29) is 11.9 Å². The van der Waals surface area contributed by atoms with Crippen molar-refractivity contribution in [2.45, 2.75) is 18.9 Å². The Labute approximate surface area is 150 Å². The Hall–Kier alpha value is -1.49. The number of hydrogen-bond donors (Lipinski definition) is 1. The van der Waals surface area contributed by atoms with Gasteiger partial charge in [-0.1, -0.05) is 23.2 Å². The van der Waals surface area contributed by atoms with Gasteiger partial charge >= 0.3 is 0 Å². The van der Waals surface area contributed by atoms with Crippen LogP contribution in [0.25, 0.3) is 11.3 Å². The van der Waals surface area contributed by atoms with E-state index < -0.39 is 0 Å². The van der Waals surface area contributed by atoms with Crippen LogP contribution in [0, 0.1) is 5.92 Å². The van der Waals surface area contributed by atoms with Gasteiger partial charge in [-0.2, -0.15) is 0 Å². The Morgan fingerprint density at radius 3 is 2.67 bits per heavy atom. The molecule has 1 atom stereocenters. The number of carbonyl (C=O) groups is 1. The topological polar surface area (TPSA) is 45.5 Å². The van der Waals surface area contributed by atoms with Crippen molar-refractivity contribution in [1.29, 1.82) is 0 Å². The maximum Gasteiger partial charge on any atom is 0.287 e. The summed E-state index contributed by atoms with van der Waals surface area (Å²) < 4.78 is 5.72. The van der Waals surface area contributed by atoms with Crippen LogP contribution in [0.3, 0.4) is 0 Å². The van der Waals surface area contributed by atoms with Crippen molar-refractivity contribution >= 4 is 29.1 Å². The monoisotopic (exact) mass is 364 g/mol. The molecule has 5 rings (SSSR count). The number of furan rings is 1. The molecule has 0 spiro atoms. The fraction of sp³-hybridized carbons (Fsp3) is 0.389. The Bertz CT molecular complexity index is 766. The van der Waals surface area contributed by atoms with Crippen LogP contribution in [-0.4, -0.2) is 36.5 Å². The fourth-order valence-electron chi connectivity index (χ4n) is 3.66. The van der Waals surface area contributed by atoms with Crippen molar-refractivity contribution in [2.75, 3.05) is 19.6 Å². The highest BCUT2D eigenvalue weighted by atomic mass is 35.5. The first-order valence-electron chi connectivity index (χ1n) is 8.18. The third-order valence-corrected chi connectivity index (χ3v) is 5.56. The number of halogens is 2. The summed E-state index contributed by atoms with van der Waals surface area (Å²) >= 11 is 12.2. The van der Waals surface area contributed by atoms with E-state index in [0.717, 1.165) is 32.5 Å². The molecule has 2 aromatic rings. The number of piperidine rings is 3. The summed E-state index contributed by atoms with van der Waals surface area (Å²) in [4.78, 5) is 14.9. The van der Waals surface area contributed by atoms with Crippen molar-refractivity contribution < 1.29 is 9.21 Å². The molecule has 3 saturated heterocycles. The van der Waals surface area contributed by atoms with E-state index >= 15 is 0 Å². The normalized spacial score (nSPS) is 25.7. The zero-order valence-electron chi connectivity index (χ0n) is 13.1. The van der Waals surface area contributed by atoms with E-state index in [1.165, 1.54) is 0 Å². The summed E-state index contributed by atoms with van der Waals surface area (Å²) in [5.41, 5.74) is 0.686. The minimum Gasteiger partial charge on any atom is -0.451 e. The lowest BCUT2D eigenvalue weighted by Crippen LogP contribution is -2.57. The van der Waals surface area contributed by atoms with Gasteiger partial charge in [-0.15, -0.1) is 0 Å². The predicted molar refractivity (Wildman–Crippen MR) is 94.6 cm³/mol. The van der Waals surface area contributed by atoms with Crippen LogP contribution < -0.4 is 5.32 Å². The summed E-state index contributed by atoms with van der Waals surface area (Å²) in [5.74, 6) is 1.26. The number of nitrogens with zero attached hydrogens (tertiary/aromatic N) is 1. The molecule has 0 unspecified atom stereocenters. The fourth-order valence-corrected chi connectivity index (χ4v) is 4.04. The van der Waals surface area contributed by atoms with E-state index in [1.807, 2.05) is 0 Å². The van der Waals surface area contributed by atoms with Crippen molar-refractivity contribution in [3.8, 4) is 11.3 Å². The van der Waals surface area contributed by atoms with Gasteiger partial charge in [0.2, 0.25) is 0 Å². The van der Waals surface area contributed by atoms with Gasteiger partial charge in [0.15, 0.2) is 5.76 Å². The molecule has 3 aliphatic heterocycles. The second kappa shape index (κ2) is 6.43. The molecular formula is C18H18Cl2N2O2. The highest BCUT2D eigenvalue weighted by Crippen LogP contribution is 2.32. The number of hydrogen-bond acceptors (Lipinski definition) is 3. The smallest absolute Gasteiger partial charge is 0.287 e. The SMILES string of the molecule is O=C(N[C@H]1CN2CCC1CC2)c1ccc(-c2cc(Cl)ccc2Cl)o1. The number of nitrogens with one attached hydrogen (secondary N) is 1. The molecule has 0 saturated carbocycles. The van der Waals surface area contributed by atoms with Gasteiger partial charge < -0.3 is 14.6 Å². The third-order valence-electron chi connectivity index (χ3n) is 5.00. The highest BCUT2D eigenvalue weighted by Gasteiger charge is 2.35. The lowest BCUT2D eigenvalue weighted by molar-refractivity contribution is 0.0606. The molecule has 24 heavy (non-hydrogen) atoms. The van der Waals surface area contributed by atoms with Gasteiger partial charge in [0.05, 0.1) is 5.02 Å². The maximum absolute atomic E-state index is 12.5. The predicted octanol–water partition coefficient (Wildman–Crippen LogP) is 4.08. The third kappa shape index (κ3) is 3.06. The molecule has 1 aromatic heterocycles. The number of carbonyl (C=O) groups excluding carboxylic acids is 1. The molecule has 1 aromatic carbocycles. The number of amides is 1. The zero-order chi connectivity index (χ0) is 16.7. The van der Waals surface area contributed by atoms with Gasteiger partial charge in [-0.25, -0.2) is 0 Å². The molecule has 3 fully saturated rings. The minimum absolute atomic E-state index is 0.168. The number of benzene rings is 1. The van der Waals surface area contributed by atoms with Crippen molar-refractivity contribution in [1.82, 2.24) is 10.2 Å². The Morgan fingerprint density at radius 2 is 1.96 bits per heavy atom. The van der Waals surface area contributed by atoms with Gasteiger partial charge in [-0.3, -0.25) is 4.79 Å². The quantitative estimate of drug-likeness (QED) is 0.892. The second-order valence-corrected chi connectivity index (χ2v) is 7.35. The molecule has 1 N–H and O–H groups in total. The van der Waals surface area contributed by atoms with Crippen molar-refractivity contribution in [2.24, 2.45) is 5.92 Å². The second-order valence-electron chi connectivity index (χ2n) is 6.51. The van der Waals surface area contributed by atoms with E-state index in [4.69, 9.17) is 27.6 Å². The van der Waals surface area contributed by atoms with Crippen LogP contribution in [0.4, 0.5) is 0 Å². The minimum atomic E-state index is -0.168. The van der Waals surface area contributed by atoms with Gasteiger partial charge in [-0.05, 0) is 62.2 Å². The molecule has 3 aliphatic rings. The van der Waals surface area contributed by atoms with E-state index in [0.29, 0.717) is 33.0 Å². The Balaban J connectivity index is 1.50. The van der Waals surface area contributed by atoms with Crippen LogP contribution in [0.1, 0.15) is 23.4 Å². The van der Waals surface area contributed by atoms with Crippen molar-refractivity contribution in [3.63, 3.8) is 0 Å². The molecule has 4 nitrogen and oxygen atoms in total. The molecule has 126 valence electrons. The number of rotatable bonds is 3. The van der Waals surface area contributed by atoms with E-state index in [9.17, 15) is 4.79 Å². The molecule has 1 amide bonds. The summed E-state index contributed by atoms with van der Waals surface area (Å²) in [7, 11) is 0. The van der Waals surface area contributed by atoms with Crippen LogP contribution in [-0.2, 0) is 0 Å². The lowest BCUT2D eigenvalue weighted by Gasteiger charge is -2.44. The van der Waals surface area contributed by atoms with Crippen LogP contribution in [0.15, 0.2) is 34.7 Å². The molecule has 6 heteroatoms. The average molecular weight is 365 g/mol. The van der Waals surface area contributed by atoms with Crippen LogP contribution in [0.2, 0.25) is 10.0 Å². The van der Waals surface area contributed by atoms with Crippen molar-refractivity contribution in [3.05, 3.63) is 46.1 Å². The number of fused-ring (bicyclic) bond motifs is 3. The largest absolute Gasteiger partial charge is 0.451 e. The van der Waals surface area contributed by atoms with Crippen LogP contribution in [0.5, 0.6) is 0 Å². The molecule has 2 bridgehead atoms. The first-order valence-corrected chi connectivity index (χ1v) is 8.94. The van der Waals surface area contributed by atoms with Crippen LogP contribution >= 0.6 is 23.2 Å². The molecule has 0 aliphatic carbocycles. The highest BCUT2D eigenvalue weighted by molar-refractivity contribution is 6.35. The summed E-state index contributed by atoms with van der Waals surface area (Å²) in [6, 6.07) is 8.82. The maximum atomic E-state index is 12.5. The first kappa shape index (κ1) is 16.0. The van der Waals surface area contributed by atoms with Gasteiger partial charge in [0, 0.05) is 23.2 Å². The van der Waals surface area contributed by atoms with Gasteiger partial charge in [0.25, 0.3) is 5.91 Å². The van der Waals surface area contributed by atoms with Gasteiger partial charge in [0.1, 0.15) is 5.76 Å². The lowest BCUT2D eigenvalue weighted by atomic mass is 9.84. The Kier molecular flexibility index (Phi) is 4.29. The zero-order valence-corrected chi connectivity index (χ0v) is 14.6.